The van der Waals surface area contributed by atoms with Crippen LogP contribution in [0.15, 0.2) is 23.0 Å². The van der Waals surface area contributed by atoms with Crippen LogP contribution in [0.3, 0.4) is 0 Å². The van der Waals surface area contributed by atoms with Gasteiger partial charge in [-0.15, -0.1) is 0 Å². The first-order valence-electron chi connectivity index (χ1n) is 5.93. The smallest absolute Gasteiger partial charge is 0.254 e. The van der Waals surface area contributed by atoms with Crippen LogP contribution in [0.4, 0.5) is 0 Å². The van der Waals surface area contributed by atoms with Crippen LogP contribution in [0.5, 0.6) is 0 Å². The average Bonchev–Trinajstić information content (AvgIpc) is 2.42. The van der Waals surface area contributed by atoms with Gasteiger partial charge in [-0.1, -0.05) is 23.2 Å². The molecule has 1 aromatic carbocycles. The number of fused-ring (bicyclic) bond motifs is 1. The molecule has 3 rings (SSSR count). The van der Waals surface area contributed by atoms with Gasteiger partial charge in [-0.05, 0) is 31.2 Å². The van der Waals surface area contributed by atoms with Gasteiger partial charge in [-0.2, -0.15) is 0 Å². The van der Waals surface area contributed by atoms with Crippen molar-refractivity contribution < 1.29 is 0 Å². The van der Waals surface area contributed by atoms with Crippen molar-refractivity contribution in [1.82, 2.24) is 15.3 Å². The molecule has 0 radical (unpaired) electrons. The molecule has 0 unspecified atom stereocenters. The van der Waals surface area contributed by atoms with E-state index in [1.165, 1.54) is 0 Å². The second kappa shape index (κ2) is 4.96. The number of halogens is 2. The summed E-state index contributed by atoms with van der Waals surface area (Å²) in [5.74, 6) is 0.519. The Labute approximate surface area is 119 Å². The maximum absolute atomic E-state index is 12.0. The van der Waals surface area contributed by atoms with Gasteiger partial charge in [0.25, 0.3) is 5.56 Å². The summed E-state index contributed by atoms with van der Waals surface area (Å²) in [6.07, 6.45) is 0.708. The molecule has 19 heavy (non-hydrogen) atoms. The van der Waals surface area contributed by atoms with Crippen molar-refractivity contribution in [2.45, 2.75) is 13.0 Å². The minimum atomic E-state index is -0.0763. The second-order valence-electron chi connectivity index (χ2n) is 4.40. The summed E-state index contributed by atoms with van der Waals surface area (Å²) in [5.41, 5.74) is 2.24. The van der Waals surface area contributed by atoms with Crippen LogP contribution in [0.1, 0.15) is 11.3 Å². The molecule has 2 N–H and O–H groups in total. The van der Waals surface area contributed by atoms with Gasteiger partial charge in [-0.25, -0.2) is 4.98 Å². The van der Waals surface area contributed by atoms with Gasteiger partial charge in [0.1, 0.15) is 5.82 Å². The van der Waals surface area contributed by atoms with Crippen molar-refractivity contribution in [1.29, 1.82) is 0 Å². The molecule has 0 amide bonds. The molecule has 2 heterocycles. The van der Waals surface area contributed by atoms with E-state index in [9.17, 15) is 4.79 Å². The minimum Gasteiger partial charge on any atom is -0.311 e. The van der Waals surface area contributed by atoms with E-state index >= 15 is 0 Å². The van der Waals surface area contributed by atoms with Crippen LogP contribution in [-0.2, 0) is 13.0 Å². The van der Waals surface area contributed by atoms with Gasteiger partial charge in [0.15, 0.2) is 0 Å². The van der Waals surface area contributed by atoms with Crippen molar-refractivity contribution >= 4 is 23.2 Å². The number of nitrogens with zero attached hydrogens (tertiary/aromatic N) is 1. The van der Waals surface area contributed by atoms with E-state index in [1.807, 2.05) is 0 Å². The van der Waals surface area contributed by atoms with Crippen molar-refractivity contribution in [2.24, 2.45) is 0 Å². The fourth-order valence-corrected chi connectivity index (χ4v) is 2.45. The van der Waals surface area contributed by atoms with E-state index in [0.29, 0.717) is 28.8 Å². The highest BCUT2D eigenvalue weighted by Crippen LogP contribution is 2.26. The summed E-state index contributed by atoms with van der Waals surface area (Å²) in [7, 11) is 0. The summed E-state index contributed by atoms with van der Waals surface area (Å²) in [6.45, 7) is 1.43. The van der Waals surface area contributed by atoms with Crippen LogP contribution in [0.25, 0.3) is 11.4 Å². The predicted molar refractivity (Wildman–Crippen MR) is 75.7 cm³/mol. The lowest BCUT2D eigenvalue weighted by molar-refractivity contribution is 0.619. The molecule has 6 heteroatoms. The normalized spacial score (nSPS) is 14.2. The van der Waals surface area contributed by atoms with Crippen LogP contribution in [-0.4, -0.2) is 16.5 Å². The fourth-order valence-electron chi connectivity index (χ4n) is 2.15. The van der Waals surface area contributed by atoms with E-state index in [-0.39, 0.29) is 5.56 Å². The molecule has 0 atom stereocenters. The highest BCUT2D eigenvalue weighted by Gasteiger charge is 2.16. The maximum Gasteiger partial charge on any atom is 0.254 e. The fraction of sp³-hybridized carbons (Fsp3) is 0.231. The quantitative estimate of drug-likeness (QED) is 0.849. The maximum atomic E-state index is 12.0. The van der Waals surface area contributed by atoms with Crippen LogP contribution >= 0.6 is 23.2 Å². The Bertz CT molecular complexity index is 697. The monoisotopic (exact) mass is 295 g/mol. The SMILES string of the molecule is O=c1[nH]c(-c2ccc(Cl)c(Cl)c2)nc2c1CCNC2. The predicted octanol–water partition coefficient (Wildman–Crippen LogP) is 2.39. The lowest BCUT2D eigenvalue weighted by Gasteiger charge is -2.16. The molecule has 0 spiro atoms. The third-order valence-electron chi connectivity index (χ3n) is 3.14. The Morgan fingerprint density at radius 3 is 2.84 bits per heavy atom. The van der Waals surface area contributed by atoms with E-state index in [1.54, 1.807) is 18.2 Å². The number of benzene rings is 1. The topological polar surface area (TPSA) is 57.8 Å². The van der Waals surface area contributed by atoms with Crippen LogP contribution < -0.4 is 10.9 Å². The lowest BCUT2D eigenvalue weighted by atomic mass is 10.1. The molecule has 0 aliphatic carbocycles. The summed E-state index contributed by atoms with van der Waals surface area (Å²) >= 11 is 11.9. The van der Waals surface area contributed by atoms with Crippen molar-refractivity contribution in [3.63, 3.8) is 0 Å². The van der Waals surface area contributed by atoms with Gasteiger partial charge in [0.2, 0.25) is 0 Å². The summed E-state index contributed by atoms with van der Waals surface area (Å²) in [6, 6.07) is 5.18. The number of rotatable bonds is 1. The molecular formula is C13H11Cl2N3O. The minimum absolute atomic E-state index is 0.0763. The summed E-state index contributed by atoms with van der Waals surface area (Å²) in [4.78, 5) is 19.3. The Hall–Kier alpha value is -1.36. The first-order chi connectivity index (χ1) is 9.15. The number of hydrogen-bond acceptors (Lipinski definition) is 3. The number of hydrogen-bond donors (Lipinski definition) is 2. The van der Waals surface area contributed by atoms with Gasteiger partial charge in [-0.3, -0.25) is 4.79 Å². The van der Waals surface area contributed by atoms with Crippen molar-refractivity contribution in [3.8, 4) is 11.4 Å². The standard InChI is InChI=1S/C13H11Cl2N3O/c14-9-2-1-7(5-10(9)15)12-17-11-6-16-4-3-8(11)13(19)18-12/h1-2,5,16H,3-4,6H2,(H,17,18,19). The highest BCUT2D eigenvalue weighted by atomic mass is 35.5. The van der Waals surface area contributed by atoms with Gasteiger partial charge >= 0.3 is 0 Å². The number of aromatic amines is 1. The zero-order valence-corrected chi connectivity index (χ0v) is 11.5. The first-order valence-corrected chi connectivity index (χ1v) is 6.69. The highest BCUT2D eigenvalue weighted by molar-refractivity contribution is 6.42. The number of H-pyrrole nitrogens is 1. The molecular weight excluding hydrogens is 285 g/mol. The van der Waals surface area contributed by atoms with Crippen LogP contribution in [0.2, 0.25) is 10.0 Å². The molecule has 0 fully saturated rings. The van der Waals surface area contributed by atoms with Crippen molar-refractivity contribution in [2.75, 3.05) is 6.54 Å². The lowest BCUT2D eigenvalue weighted by Crippen LogP contribution is -2.31. The summed E-state index contributed by atoms with van der Waals surface area (Å²) < 4.78 is 0. The molecule has 1 aliphatic rings. The zero-order chi connectivity index (χ0) is 13.4. The Morgan fingerprint density at radius 2 is 2.05 bits per heavy atom. The van der Waals surface area contributed by atoms with Gasteiger partial charge < -0.3 is 10.3 Å². The Kier molecular flexibility index (Phi) is 3.31. The molecule has 1 aliphatic heterocycles. The molecule has 0 bridgehead atoms. The molecule has 0 saturated heterocycles. The Balaban J connectivity index is 2.12. The molecule has 2 aromatic rings. The van der Waals surface area contributed by atoms with Gasteiger partial charge in [0, 0.05) is 17.7 Å². The molecule has 0 saturated carbocycles. The number of nitrogens with one attached hydrogen (secondary N) is 2. The summed E-state index contributed by atoms with van der Waals surface area (Å²) in [5, 5.41) is 4.13. The molecule has 4 nitrogen and oxygen atoms in total. The number of aromatic nitrogens is 2. The third kappa shape index (κ3) is 2.39. The van der Waals surface area contributed by atoms with Crippen molar-refractivity contribution in [3.05, 3.63) is 49.9 Å². The molecule has 98 valence electrons. The zero-order valence-electron chi connectivity index (χ0n) is 9.96. The Morgan fingerprint density at radius 1 is 1.21 bits per heavy atom. The molecule has 1 aromatic heterocycles. The average molecular weight is 296 g/mol. The first kappa shape index (κ1) is 12.7. The largest absolute Gasteiger partial charge is 0.311 e. The van der Waals surface area contributed by atoms with Gasteiger partial charge in [0.05, 0.1) is 15.7 Å². The van der Waals surface area contributed by atoms with E-state index in [0.717, 1.165) is 23.4 Å². The second-order valence-corrected chi connectivity index (χ2v) is 5.21. The van der Waals surface area contributed by atoms with Crippen LogP contribution in [0, 0.1) is 0 Å². The van der Waals surface area contributed by atoms with E-state index in [2.05, 4.69) is 15.3 Å². The van der Waals surface area contributed by atoms with E-state index in [4.69, 9.17) is 23.2 Å². The van der Waals surface area contributed by atoms with E-state index < -0.39 is 0 Å². The third-order valence-corrected chi connectivity index (χ3v) is 3.88.